The molecule has 10 nitrogen and oxygen atoms in total. The maximum atomic E-state index is 12.6. The van der Waals surface area contributed by atoms with E-state index in [-0.39, 0.29) is 17.9 Å². The van der Waals surface area contributed by atoms with Crippen LogP contribution in [-0.4, -0.2) is 38.6 Å². The second kappa shape index (κ2) is 16.6. The molecule has 42 heavy (non-hydrogen) atoms. The third-order valence-corrected chi connectivity index (χ3v) is 5.89. The number of unbranched alkanes of at least 4 members (excludes halogenated alkanes) is 2. The molecule has 0 spiro atoms. The van der Waals surface area contributed by atoms with Crippen LogP contribution in [0.3, 0.4) is 0 Å². The summed E-state index contributed by atoms with van der Waals surface area (Å²) >= 11 is 0. The summed E-state index contributed by atoms with van der Waals surface area (Å²) in [6.45, 7) is 6.40. The molecule has 1 unspecified atom stereocenters. The highest BCUT2D eigenvalue weighted by atomic mass is 16.7. The van der Waals surface area contributed by atoms with Gasteiger partial charge >= 0.3 is 18.3 Å². The molecule has 3 rings (SSSR count). The van der Waals surface area contributed by atoms with Crippen LogP contribution in [0.2, 0.25) is 0 Å². The predicted octanol–water partition coefficient (Wildman–Crippen LogP) is 7.57. The lowest BCUT2D eigenvalue weighted by Gasteiger charge is -2.20. The van der Waals surface area contributed by atoms with Gasteiger partial charge in [0.25, 0.3) is 0 Å². The van der Waals surface area contributed by atoms with Crippen LogP contribution in [-0.2, 0) is 14.2 Å². The first-order valence-electron chi connectivity index (χ1n) is 13.7. The Hall–Kier alpha value is -4.57. The highest BCUT2D eigenvalue weighted by molar-refractivity contribution is 5.91. The van der Waals surface area contributed by atoms with Gasteiger partial charge in [0.05, 0.1) is 18.8 Å². The van der Waals surface area contributed by atoms with Crippen molar-refractivity contribution >= 4 is 18.3 Å². The van der Waals surface area contributed by atoms with Crippen LogP contribution in [0.25, 0.3) is 0 Å². The van der Waals surface area contributed by atoms with Crippen molar-refractivity contribution in [1.82, 2.24) is 0 Å². The molecule has 0 aliphatic carbocycles. The molecule has 3 aromatic rings. The molecule has 0 bridgehead atoms. The zero-order valence-corrected chi connectivity index (χ0v) is 24.3. The Kier molecular flexibility index (Phi) is 12.7. The highest BCUT2D eigenvalue weighted by Crippen LogP contribution is 2.30. The van der Waals surface area contributed by atoms with Crippen molar-refractivity contribution in [2.45, 2.75) is 52.7 Å². The van der Waals surface area contributed by atoms with E-state index in [9.17, 15) is 14.4 Å². The Morgan fingerprint density at radius 1 is 0.690 bits per heavy atom. The van der Waals surface area contributed by atoms with Gasteiger partial charge in [-0.1, -0.05) is 26.7 Å². The molecule has 0 saturated carbocycles. The van der Waals surface area contributed by atoms with Gasteiger partial charge in [0.1, 0.15) is 23.0 Å². The summed E-state index contributed by atoms with van der Waals surface area (Å²) in [7, 11) is 1.51. The van der Waals surface area contributed by atoms with Crippen molar-refractivity contribution in [3.63, 3.8) is 0 Å². The van der Waals surface area contributed by atoms with Gasteiger partial charge in [-0.25, -0.2) is 14.4 Å². The van der Waals surface area contributed by atoms with Gasteiger partial charge in [-0.3, -0.25) is 0 Å². The summed E-state index contributed by atoms with van der Waals surface area (Å²) in [6.07, 6.45) is 1.05. The largest absolute Gasteiger partial charge is 0.513 e. The van der Waals surface area contributed by atoms with Crippen molar-refractivity contribution in [2.75, 3.05) is 20.3 Å². The van der Waals surface area contributed by atoms with E-state index in [1.54, 1.807) is 42.5 Å². The fraction of sp³-hybridized carbons (Fsp3) is 0.344. The number of carbonyl (C=O) groups is 3. The van der Waals surface area contributed by atoms with E-state index in [2.05, 4.69) is 0 Å². The van der Waals surface area contributed by atoms with Gasteiger partial charge < -0.3 is 33.2 Å². The van der Waals surface area contributed by atoms with Crippen LogP contribution >= 0.6 is 0 Å². The lowest BCUT2D eigenvalue weighted by Crippen LogP contribution is -2.13. The van der Waals surface area contributed by atoms with Crippen molar-refractivity contribution in [2.24, 2.45) is 0 Å². The first-order valence-corrected chi connectivity index (χ1v) is 13.7. The fourth-order valence-electron chi connectivity index (χ4n) is 3.55. The molecule has 0 amide bonds. The number of carbonyl (C=O) groups excluding carboxylic acids is 3. The first kappa shape index (κ1) is 32.0. The third-order valence-electron chi connectivity index (χ3n) is 5.89. The van der Waals surface area contributed by atoms with Crippen LogP contribution in [0, 0.1) is 6.92 Å². The molecule has 0 saturated heterocycles. The molecule has 0 aliphatic heterocycles. The van der Waals surface area contributed by atoms with Gasteiger partial charge in [-0.05, 0) is 92.1 Å². The molecular formula is C32H36O10. The van der Waals surface area contributed by atoms with E-state index in [0.717, 1.165) is 25.7 Å². The minimum Gasteiger partial charge on any atom is -0.460 e. The Morgan fingerprint density at radius 2 is 1.21 bits per heavy atom. The minimum absolute atomic E-state index is 0.255. The SMILES string of the molecule is CCCCOC(=O)Oc1ccc(C(=O)Oc2ccc(OC(OC)c3ccc(OC(=O)OCCCC)cc3)c(C)c2)cc1. The van der Waals surface area contributed by atoms with Crippen LogP contribution in [0.5, 0.6) is 23.0 Å². The second-order valence-corrected chi connectivity index (χ2v) is 9.20. The number of aryl methyl sites for hydroxylation is 1. The number of methoxy groups -OCH3 is 1. The number of hydrogen-bond donors (Lipinski definition) is 0. The van der Waals surface area contributed by atoms with Crippen molar-refractivity contribution < 1.29 is 47.5 Å². The number of ether oxygens (including phenoxy) is 7. The van der Waals surface area contributed by atoms with Crippen molar-refractivity contribution in [3.05, 3.63) is 83.4 Å². The van der Waals surface area contributed by atoms with E-state index in [1.807, 2.05) is 20.8 Å². The van der Waals surface area contributed by atoms with E-state index >= 15 is 0 Å². The highest BCUT2D eigenvalue weighted by Gasteiger charge is 2.17. The number of hydrogen-bond acceptors (Lipinski definition) is 10. The van der Waals surface area contributed by atoms with Gasteiger partial charge in [-0.15, -0.1) is 0 Å². The molecule has 0 heterocycles. The Labute approximate surface area is 245 Å². The Bertz CT molecular complexity index is 1300. The minimum atomic E-state index is -0.793. The van der Waals surface area contributed by atoms with Gasteiger partial charge in [-0.2, -0.15) is 0 Å². The first-order chi connectivity index (χ1) is 20.3. The molecule has 224 valence electrons. The molecular weight excluding hydrogens is 544 g/mol. The van der Waals surface area contributed by atoms with Gasteiger partial charge in [0, 0.05) is 12.7 Å². The quantitative estimate of drug-likeness (QED) is 0.0621. The summed E-state index contributed by atoms with van der Waals surface area (Å²) in [6, 6.07) is 17.6. The van der Waals surface area contributed by atoms with Crippen molar-refractivity contribution in [1.29, 1.82) is 0 Å². The summed E-state index contributed by atoms with van der Waals surface area (Å²) in [5.41, 5.74) is 1.68. The zero-order valence-electron chi connectivity index (χ0n) is 24.3. The summed E-state index contributed by atoms with van der Waals surface area (Å²) < 4.78 is 37.3. The van der Waals surface area contributed by atoms with E-state index < -0.39 is 24.6 Å². The summed E-state index contributed by atoms with van der Waals surface area (Å²) in [4.78, 5) is 36.1. The normalized spacial score (nSPS) is 11.2. The van der Waals surface area contributed by atoms with Crippen LogP contribution in [0.1, 0.15) is 67.3 Å². The number of rotatable bonds is 14. The zero-order chi connectivity index (χ0) is 30.3. The average molecular weight is 581 g/mol. The van der Waals surface area contributed by atoms with Crippen LogP contribution in [0.15, 0.2) is 66.7 Å². The van der Waals surface area contributed by atoms with Gasteiger partial charge in [0.2, 0.25) is 6.29 Å². The summed E-state index contributed by atoms with van der Waals surface area (Å²) in [5.74, 6) is 0.862. The van der Waals surface area contributed by atoms with Gasteiger partial charge in [0.15, 0.2) is 0 Å². The van der Waals surface area contributed by atoms with E-state index in [0.29, 0.717) is 35.0 Å². The topological polar surface area (TPSA) is 116 Å². The monoisotopic (exact) mass is 580 g/mol. The Morgan fingerprint density at radius 3 is 1.71 bits per heavy atom. The molecule has 3 aromatic carbocycles. The van der Waals surface area contributed by atoms with Crippen LogP contribution < -0.4 is 18.9 Å². The van der Waals surface area contributed by atoms with Crippen LogP contribution in [0.4, 0.5) is 9.59 Å². The maximum Gasteiger partial charge on any atom is 0.513 e. The lowest BCUT2D eigenvalue weighted by molar-refractivity contribution is -0.0566. The third kappa shape index (κ3) is 10.1. The molecule has 0 radical (unpaired) electrons. The molecule has 0 aromatic heterocycles. The van der Waals surface area contributed by atoms with E-state index in [4.69, 9.17) is 33.2 Å². The fourth-order valence-corrected chi connectivity index (χ4v) is 3.55. The second-order valence-electron chi connectivity index (χ2n) is 9.20. The lowest BCUT2D eigenvalue weighted by atomic mass is 10.2. The molecule has 0 N–H and O–H groups in total. The Balaban J connectivity index is 1.55. The van der Waals surface area contributed by atoms with Crippen molar-refractivity contribution in [3.8, 4) is 23.0 Å². The molecule has 1 atom stereocenters. The smallest absolute Gasteiger partial charge is 0.460 e. The average Bonchev–Trinajstić information content (AvgIpc) is 2.98. The predicted molar refractivity (Wildman–Crippen MR) is 153 cm³/mol. The maximum absolute atomic E-state index is 12.6. The standard InChI is InChI=1S/C32H36O10/c1-5-7-19-37-31(34)40-25-13-9-23(10-14-25)29(33)39-27-17-18-28(22(3)21-27)42-30(36-4)24-11-15-26(16-12-24)41-32(35)38-20-8-6-2/h9-18,21,30H,5-8,19-20H2,1-4H3. The van der Waals surface area contributed by atoms with E-state index in [1.165, 1.54) is 31.4 Å². The molecule has 10 heteroatoms. The number of benzene rings is 3. The number of esters is 1. The summed E-state index contributed by atoms with van der Waals surface area (Å²) in [5, 5.41) is 0. The molecule has 0 fully saturated rings. The molecule has 0 aliphatic rings.